The summed E-state index contributed by atoms with van der Waals surface area (Å²) in [5.41, 5.74) is 1.14. The van der Waals surface area contributed by atoms with Crippen molar-refractivity contribution in [3.05, 3.63) is 29.8 Å². The van der Waals surface area contributed by atoms with Crippen LogP contribution in [0.2, 0.25) is 0 Å². The predicted octanol–water partition coefficient (Wildman–Crippen LogP) is 2.75. The van der Waals surface area contributed by atoms with Crippen molar-refractivity contribution < 1.29 is 18.9 Å². The molecule has 1 heterocycles. The van der Waals surface area contributed by atoms with Crippen LogP contribution in [0.25, 0.3) is 0 Å². The van der Waals surface area contributed by atoms with E-state index in [1.807, 2.05) is 38.1 Å². The first kappa shape index (κ1) is 14.3. The van der Waals surface area contributed by atoms with Crippen molar-refractivity contribution in [3.63, 3.8) is 0 Å². The Morgan fingerprint density at radius 3 is 2.58 bits per heavy atom. The van der Waals surface area contributed by atoms with Gasteiger partial charge in [0.15, 0.2) is 5.79 Å². The minimum atomic E-state index is -0.444. The Balaban J connectivity index is 1.64. The molecule has 1 aromatic rings. The van der Waals surface area contributed by atoms with Gasteiger partial charge >= 0.3 is 0 Å². The zero-order chi connectivity index (χ0) is 13.7. The largest absolute Gasteiger partial charge is 0.497 e. The molecule has 1 aromatic carbocycles. The van der Waals surface area contributed by atoms with E-state index < -0.39 is 5.79 Å². The average Bonchev–Trinajstić information content (AvgIpc) is 2.75. The van der Waals surface area contributed by atoms with Crippen LogP contribution in [0.4, 0.5) is 0 Å². The highest BCUT2D eigenvalue weighted by molar-refractivity contribution is 5.26. The van der Waals surface area contributed by atoms with Gasteiger partial charge in [0.05, 0.1) is 26.4 Å². The molecule has 1 saturated heterocycles. The maximum Gasteiger partial charge on any atom is 0.163 e. The van der Waals surface area contributed by atoms with E-state index in [1.54, 1.807) is 7.11 Å². The molecule has 1 fully saturated rings. The van der Waals surface area contributed by atoms with Gasteiger partial charge in [-0.3, -0.25) is 0 Å². The van der Waals surface area contributed by atoms with Gasteiger partial charge in [-0.15, -0.1) is 0 Å². The van der Waals surface area contributed by atoms with Gasteiger partial charge in [0.2, 0.25) is 0 Å². The van der Waals surface area contributed by atoms with Crippen LogP contribution in [0.1, 0.15) is 25.8 Å². The zero-order valence-corrected chi connectivity index (χ0v) is 11.8. The second-order valence-corrected chi connectivity index (χ2v) is 5.14. The molecule has 0 amide bonds. The SMILES string of the molecule is COc1ccc(COCC[C@@H]2COC(C)(C)O2)cc1. The number of methoxy groups -OCH3 is 1. The summed E-state index contributed by atoms with van der Waals surface area (Å²) in [6.07, 6.45) is 1.01. The fourth-order valence-corrected chi connectivity index (χ4v) is 2.03. The standard InChI is InChI=1S/C15H22O4/c1-15(2)18-11-14(19-15)8-9-17-10-12-4-6-13(16-3)7-5-12/h4-7,14H,8-11H2,1-3H3/t14-/m1/s1. The summed E-state index contributed by atoms with van der Waals surface area (Å²) < 4.78 is 22.0. The van der Waals surface area contributed by atoms with E-state index in [2.05, 4.69) is 0 Å². The summed E-state index contributed by atoms with van der Waals surface area (Å²) in [6.45, 7) is 5.81. The molecule has 1 atom stereocenters. The van der Waals surface area contributed by atoms with Crippen LogP contribution < -0.4 is 4.74 Å². The Kier molecular flexibility index (Phi) is 4.80. The lowest BCUT2D eigenvalue weighted by molar-refractivity contribution is -0.140. The summed E-state index contributed by atoms with van der Waals surface area (Å²) in [6, 6.07) is 7.90. The van der Waals surface area contributed by atoms with E-state index in [-0.39, 0.29) is 6.10 Å². The van der Waals surface area contributed by atoms with Crippen molar-refractivity contribution in [2.24, 2.45) is 0 Å². The van der Waals surface area contributed by atoms with Gasteiger partial charge in [0.1, 0.15) is 5.75 Å². The van der Waals surface area contributed by atoms with E-state index in [9.17, 15) is 0 Å². The number of hydrogen-bond acceptors (Lipinski definition) is 4. The van der Waals surface area contributed by atoms with Crippen LogP contribution in [-0.4, -0.2) is 32.2 Å². The average molecular weight is 266 g/mol. The summed E-state index contributed by atoms with van der Waals surface area (Å²) in [5, 5.41) is 0. The van der Waals surface area contributed by atoms with E-state index >= 15 is 0 Å². The highest BCUT2D eigenvalue weighted by Gasteiger charge is 2.32. The lowest BCUT2D eigenvalue weighted by atomic mass is 10.2. The molecule has 0 saturated carbocycles. The number of benzene rings is 1. The monoisotopic (exact) mass is 266 g/mol. The summed E-state index contributed by atoms with van der Waals surface area (Å²) in [5.74, 6) is 0.420. The summed E-state index contributed by atoms with van der Waals surface area (Å²) in [7, 11) is 1.66. The lowest BCUT2D eigenvalue weighted by Crippen LogP contribution is -2.22. The third-order valence-corrected chi connectivity index (χ3v) is 3.08. The van der Waals surface area contributed by atoms with Crippen molar-refractivity contribution in [2.45, 2.75) is 38.8 Å². The molecule has 0 aromatic heterocycles. The van der Waals surface area contributed by atoms with Crippen molar-refractivity contribution in [1.82, 2.24) is 0 Å². The van der Waals surface area contributed by atoms with Crippen LogP contribution in [0.15, 0.2) is 24.3 Å². The Labute approximate surface area is 114 Å². The molecule has 0 unspecified atom stereocenters. The molecule has 1 aliphatic rings. The molecule has 106 valence electrons. The fourth-order valence-electron chi connectivity index (χ4n) is 2.03. The van der Waals surface area contributed by atoms with Gasteiger partial charge in [0.25, 0.3) is 0 Å². The van der Waals surface area contributed by atoms with Gasteiger partial charge in [0, 0.05) is 6.61 Å². The third-order valence-electron chi connectivity index (χ3n) is 3.08. The van der Waals surface area contributed by atoms with Crippen LogP contribution in [0, 0.1) is 0 Å². The highest BCUT2D eigenvalue weighted by Crippen LogP contribution is 2.24. The van der Waals surface area contributed by atoms with Crippen molar-refractivity contribution in [1.29, 1.82) is 0 Å². The molecule has 0 N–H and O–H groups in total. The molecular formula is C15H22O4. The highest BCUT2D eigenvalue weighted by atomic mass is 16.7. The molecule has 2 rings (SSSR count). The topological polar surface area (TPSA) is 36.9 Å². The Hall–Kier alpha value is -1.10. The number of hydrogen-bond donors (Lipinski definition) is 0. The Morgan fingerprint density at radius 1 is 1.26 bits per heavy atom. The summed E-state index contributed by atoms with van der Waals surface area (Å²) in [4.78, 5) is 0. The molecule has 4 heteroatoms. The second kappa shape index (κ2) is 6.37. The normalized spacial score (nSPS) is 21.5. The van der Waals surface area contributed by atoms with Crippen molar-refractivity contribution in [2.75, 3.05) is 20.3 Å². The third kappa shape index (κ3) is 4.49. The van der Waals surface area contributed by atoms with Gasteiger partial charge < -0.3 is 18.9 Å². The molecule has 0 aliphatic carbocycles. The van der Waals surface area contributed by atoms with Gasteiger partial charge in [-0.05, 0) is 38.0 Å². The minimum absolute atomic E-state index is 0.144. The Bertz CT molecular complexity index is 386. The quantitative estimate of drug-likeness (QED) is 0.742. The summed E-state index contributed by atoms with van der Waals surface area (Å²) >= 11 is 0. The zero-order valence-electron chi connectivity index (χ0n) is 11.8. The molecule has 0 radical (unpaired) electrons. The lowest BCUT2D eigenvalue weighted by Gasteiger charge is -2.17. The fraction of sp³-hybridized carbons (Fsp3) is 0.600. The molecular weight excluding hydrogens is 244 g/mol. The smallest absolute Gasteiger partial charge is 0.163 e. The van der Waals surface area contributed by atoms with E-state index in [0.717, 1.165) is 17.7 Å². The van der Waals surface area contributed by atoms with Crippen molar-refractivity contribution in [3.8, 4) is 5.75 Å². The number of ether oxygens (including phenoxy) is 4. The van der Waals surface area contributed by atoms with Crippen LogP contribution in [0.5, 0.6) is 5.75 Å². The molecule has 1 aliphatic heterocycles. The van der Waals surface area contributed by atoms with Crippen LogP contribution in [-0.2, 0) is 20.8 Å². The first-order valence-corrected chi connectivity index (χ1v) is 6.61. The maximum atomic E-state index is 5.71. The van der Waals surface area contributed by atoms with E-state index in [1.165, 1.54) is 0 Å². The van der Waals surface area contributed by atoms with Gasteiger partial charge in [-0.2, -0.15) is 0 Å². The minimum Gasteiger partial charge on any atom is -0.497 e. The van der Waals surface area contributed by atoms with Crippen LogP contribution in [0.3, 0.4) is 0 Å². The van der Waals surface area contributed by atoms with Crippen molar-refractivity contribution >= 4 is 0 Å². The predicted molar refractivity (Wildman–Crippen MR) is 72.2 cm³/mol. The molecule has 0 bridgehead atoms. The molecule has 19 heavy (non-hydrogen) atoms. The first-order chi connectivity index (χ1) is 9.09. The Morgan fingerprint density at radius 2 is 2.00 bits per heavy atom. The molecule has 4 nitrogen and oxygen atoms in total. The van der Waals surface area contributed by atoms with Gasteiger partial charge in [-0.25, -0.2) is 0 Å². The maximum absolute atomic E-state index is 5.71. The second-order valence-electron chi connectivity index (χ2n) is 5.14. The van der Waals surface area contributed by atoms with E-state index in [0.29, 0.717) is 19.8 Å². The first-order valence-electron chi connectivity index (χ1n) is 6.61. The van der Waals surface area contributed by atoms with Crippen LogP contribution >= 0.6 is 0 Å². The van der Waals surface area contributed by atoms with Gasteiger partial charge in [-0.1, -0.05) is 12.1 Å². The van der Waals surface area contributed by atoms with E-state index in [4.69, 9.17) is 18.9 Å². The molecule has 0 spiro atoms. The number of rotatable bonds is 6.